The van der Waals surface area contributed by atoms with Gasteiger partial charge in [-0.3, -0.25) is 14.9 Å². The number of nitrogens with zero attached hydrogens (tertiary/aromatic N) is 2. The van der Waals surface area contributed by atoms with E-state index in [0.29, 0.717) is 22.8 Å². The van der Waals surface area contributed by atoms with Crippen LogP contribution < -0.4 is 11.1 Å². The van der Waals surface area contributed by atoms with E-state index in [1.54, 1.807) is 18.3 Å². The maximum absolute atomic E-state index is 11.5. The van der Waals surface area contributed by atoms with Crippen LogP contribution in [0.1, 0.15) is 16.1 Å². The Kier molecular flexibility index (Phi) is 3.57. The molecule has 0 aliphatic carbocycles. The SMILES string of the molecule is Cc1cc(Nc2[nH]nc(-c3ccc(N)cc3)c2C=O)ccn1. The molecular weight excluding hydrogens is 278 g/mol. The van der Waals surface area contributed by atoms with Crippen LogP contribution in [0.3, 0.4) is 0 Å². The first kappa shape index (κ1) is 13.8. The highest BCUT2D eigenvalue weighted by molar-refractivity contribution is 5.93. The van der Waals surface area contributed by atoms with E-state index in [0.717, 1.165) is 23.2 Å². The number of rotatable bonds is 4. The molecule has 0 spiro atoms. The van der Waals surface area contributed by atoms with E-state index in [9.17, 15) is 4.79 Å². The van der Waals surface area contributed by atoms with Crippen LogP contribution >= 0.6 is 0 Å². The Bertz CT molecular complexity index is 808. The van der Waals surface area contributed by atoms with Gasteiger partial charge >= 0.3 is 0 Å². The van der Waals surface area contributed by atoms with Crippen molar-refractivity contribution >= 4 is 23.5 Å². The quantitative estimate of drug-likeness (QED) is 0.507. The Hall–Kier alpha value is -3.15. The van der Waals surface area contributed by atoms with Gasteiger partial charge < -0.3 is 11.1 Å². The van der Waals surface area contributed by atoms with Gasteiger partial charge in [-0.05, 0) is 31.2 Å². The lowest BCUT2D eigenvalue weighted by Gasteiger charge is -2.05. The van der Waals surface area contributed by atoms with Gasteiger partial charge in [0, 0.05) is 28.8 Å². The normalized spacial score (nSPS) is 10.4. The fourth-order valence-corrected chi connectivity index (χ4v) is 2.19. The third kappa shape index (κ3) is 2.67. The molecule has 0 unspecified atom stereocenters. The number of aryl methyl sites for hydroxylation is 1. The van der Waals surface area contributed by atoms with Crippen molar-refractivity contribution in [3.8, 4) is 11.3 Å². The Morgan fingerprint density at radius 2 is 2.00 bits per heavy atom. The molecule has 0 fully saturated rings. The van der Waals surface area contributed by atoms with Gasteiger partial charge in [-0.15, -0.1) is 0 Å². The Morgan fingerprint density at radius 1 is 1.23 bits per heavy atom. The van der Waals surface area contributed by atoms with E-state index >= 15 is 0 Å². The topological polar surface area (TPSA) is 96.7 Å². The van der Waals surface area contributed by atoms with E-state index in [-0.39, 0.29) is 0 Å². The van der Waals surface area contributed by atoms with Gasteiger partial charge in [-0.25, -0.2) is 0 Å². The molecule has 0 aliphatic heterocycles. The van der Waals surface area contributed by atoms with Gasteiger partial charge in [0.25, 0.3) is 0 Å². The zero-order chi connectivity index (χ0) is 15.5. The number of nitrogen functional groups attached to an aromatic ring is 1. The molecule has 0 amide bonds. The molecule has 3 rings (SSSR count). The van der Waals surface area contributed by atoms with Crippen molar-refractivity contribution in [1.82, 2.24) is 15.2 Å². The average molecular weight is 293 g/mol. The van der Waals surface area contributed by atoms with E-state index in [4.69, 9.17) is 5.73 Å². The second-order valence-corrected chi connectivity index (χ2v) is 4.91. The molecule has 0 radical (unpaired) electrons. The number of carbonyl (C=O) groups excluding carboxylic acids is 1. The van der Waals surface area contributed by atoms with Gasteiger partial charge in [0.05, 0.1) is 5.56 Å². The van der Waals surface area contributed by atoms with Crippen LogP contribution in [0.5, 0.6) is 0 Å². The fourth-order valence-electron chi connectivity index (χ4n) is 2.19. The number of hydrogen-bond donors (Lipinski definition) is 3. The maximum Gasteiger partial charge on any atom is 0.156 e. The first-order chi connectivity index (χ1) is 10.7. The molecule has 6 heteroatoms. The number of hydrogen-bond acceptors (Lipinski definition) is 5. The second-order valence-electron chi connectivity index (χ2n) is 4.91. The van der Waals surface area contributed by atoms with Crippen molar-refractivity contribution in [3.05, 3.63) is 53.9 Å². The summed E-state index contributed by atoms with van der Waals surface area (Å²) >= 11 is 0. The highest BCUT2D eigenvalue weighted by atomic mass is 16.1. The maximum atomic E-state index is 11.5. The smallest absolute Gasteiger partial charge is 0.156 e. The number of aromatic nitrogens is 3. The zero-order valence-electron chi connectivity index (χ0n) is 12.0. The lowest BCUT2D eigenvalue weighted by molar-refractivity contribution is 0.112. The zero-order valence-corrected chi connectivity index (χ0v) is 12.0. The Morgan fingerprint density at radius 3 is 2.68 bits per heavy atom. The molecule has 22 heavy (non-hydrogen) atoms. The standard InChI is InChI=1S/C16H15N5O/c1-10-8-13(6-7-18-10)19-16-14(9-22)15(20-21-16)11-2-4-12(17)5-3-11/h2-9H,17H2,1H3,(H2,18,19,20,21). The number of carbonyl (C=O) groups is 1. The summed E-state index contributed by atoms with van der Waals surface area (Å²) in [5, 5.41) is 10.2. The Balaban J connectivity index is 1.97. The van der Waals surface area contributed by atoms with E-state index in [2.05, 4.69) is 20.5 Å². The van der Waals surface area contributed by atoms with Crippen molar-refractivity contribution in [2.75, 3.05) is 11.1 Å². The average Bonchev–Trinajstić information content (AvgIpc) is 2.90. The molecule has 110 valence electrons. The van der Waals surface area contributed by atoms with Crippen molar-refractivity contribution in [2.45, 2.75) is 6.92 Å². The summed E-state index contributed by atoms with van der Waals surface area (Å²) < 4.78 is 0. The van der Waals surface area contributed by atoms with Crippen molar-refractivity contribution in [2.24, 2.45) is 0 Å². The lowest BCUT2D eigenvalue weighted by atomic mass is 10.1. The molecule has 0 atom stereocenters. The largest absolute Gasteiger partial charge is 0.399 e. The number of nitrogens with two attached hydrogens (primary N) is 1. The van der Waals surface area contributed by atoms with Gasteiger partial charge in [-0.1, -0.05) is 12.1 Å². The third-order valence-corrected chi connectivity index (χ3v) is 3.27. The molecule has 0 bridgehead atoms. The lowest BCUT2D eigenvalue weighted by Crippen LogP contribution is -1.95. The second kappa shape index (κ2) is 5.69. The molecule has 4 N–H and O–H groups in total. The van der Waals surface area contributed by atoms with Gasteiger partial charge in [0.15, 0.2) is 6.29 Å². The molecule has 6 nitrogen and oxygen atoms in total. The van der Waals surface area contributed by atoms with E-state index in [1.165, 1.54) is 0 Å². The Labute approximate surface area is 127 Å². The predicted octanol–water partition coefficient (Wildman–Crippen LogP) is 2.92. The highest BCUT2D eigenvalue weighted by Gasteiger charge is 2.14. The first-order valence-electron chi connectivity index (χ1n) is 6.76. The molecule has 0 aliphatic rings. The van der Waals surface area contributed by atoms with Crippen LogP contribution in [0.2, 0.25) is 0 Å². The minimum atomic E-state index is 0.472. The summed E-state index contributed by atoms with van der Waals surface area (Å²) in [5.41, 5.74) is 9.95. The summed E-state index contributed by atoms with van der Waals surface area (Å²) in [6.07, 6.45) is 2.49. The third-order valence-electron chi connectivity index (χ3n) is 3.27. The van der Waals surface area contributed by atoms with Crippen molar-refractivity contribution in [3.63, 3.8) is 0 Å². The number of pyridine rings is 1. The molecule has 2 heterocycles. The molecule has 2 aromatic heterocycles. The fraction of sp³-hybridized carbons (Fsp3) is 0.0625. The summed E-state index contributed by atoms with van der Waals surface area (Å²) in [7, 11) is 0. The number of H-pyrrole nitrogens is 1. The summed E-state index contributed by atoms with van der Waals surface area (Å²) in [6.45, 7) is 1.90. The summed E-state index contributed by atoms with van der Waals surface area (Å²) in [4.78, 5) is 15.6. The van der Waals surface area contributed by atoms with Crippen molar-refractivity contribution < 1.29 is 4.79 Å². The van der Waals surface area contributed by atoms with Crippen LogP contribution in [-0.4, -0.2) is 21.5 Å². The summed E-state index contributed by atoms with van der Waals surface area (Å²) in [6, 6.07) is 10.9. The predicted molar refractivity (Wildman–Crippen MR) is 86.1 cm³/mol. The van der Waals surface area contributed by atoms with Gasteiger partial charge in [0.1, 0.15) is 11.5 Å². The van der Waals surface area contributed by atoms with E-state index < -0.39 is 0 Å². The molecule has 3 aromatic rings. The van der Waals surface area contributed by atoms with Crippen LogP contribution in [0, 0.1) is 6.92 Å². The molecule has 0 saturated carbocycles. The number of anilines is 3. The van der Waals surface area contributed by atoms with Crippen molar-refractivity contribution in [1.29, 1.82) is 0 Å². The van der Waals surface area contributed by atoms with Crippen LogP contribution in [-0.2, 0) is 0 Å². The summed E-state index contributed by atoms with van der Waals surface area (Å²) in [5.74, 6) is 0.549. The minimum absolute atomic E-state index is 0.472. The van der Waals surface area contributed by atoms with Crippen LogP contribution in [0.15, 0.2) is 42.6 Å². The molecule has 1 aromatic carbocycles. The molecule has 0 saturated heterocycles. The number of aromatic amines is 1. The van der Waals surface area contributed by atoms with Gasteiger partial charge in [-0.2, -0.15) is 5.10 Å². The molecular formula is C16H15N5O. The van der Waals surface area contributed by atoms with Gasteiger partial charge in [0.2, 0.25) is 0 Å². The number of aldehydes is 1. The minimum Gasteiger partial charge on any atom is -0.399 e. The first-order valence-corrected chi connectivity index (χ1v) is 6.76. The monoisotopic (exact) mass is 293 g/mol. The van der Waals surface area contributed by atoms with E-state index in [1.807, 2.05) is 31.2 Å². The number of benzene rings is 1. The number of nitrogens with one attached hydrogen (secondary N) is 2. The van der Waals surface area contributed by atoms with Crippen LogP contribution in [0.4, 0.5) is 17.2 Å². The highest BCUT2D eigenvalue weighted by Crippen LogP contribution is 2.27. The van der Waals surface area contributed by atoms with Crippen LogP contribution in [0.25, 0.3) is 11.3 Å².